The van der Waals surface area contributed by atoms with Gasteiger partial charge in [0, 0.05) is 12.2 Å². The molecule has 1 saturated heterocycles. The number of likely N-dealkylation sites (tertiary alicyclic amines) is 1. The van der Waals surface area contributed by atoms with Crippen LogP contribution in [-0.2, 0) is 6.18 Å². The molecule has 2 unspecified atom stereocenters. The maximum atomic E-state index is 12.9. The molecular weight excluding hydrogens is 435 g/mol. The minimum absolute atomic E-state index is 0.0918. The van der Waals surface area contributed by atoms with Crippen molar-refractivity contribution in [3.63, 3.8) is 0 Å². The van der Waals surface area contributed by atoms with Crippen molar-refractivity contribution < 1.29 is 13.2 Å². The van der Waals surface area contributed by atoms with Crippen LogP contribution in [0.3, 0.4) is 0 Å². The van der Waals surface area contributed by atoms with Gasteiger partial charge in [0.15, 0.2) is 0 Å². The van der Waals surface area contributed by atoms with E-state index in [0.29, 0.717) is 12.0 Å². The largest absolute Gasteiger partial charge is 0.416 e. The van der Waals surface area contributed by atoms with Crippen LogP contribution >= 0.6 is 0 Å². The van der Waals surface area contributed by atoms with Crippen molar-refractivity contribution in [3.05, 3.63) is 83.6 Å². The van der Waals surface area contributed by atoms with Gasteiger partial charge in [-0.15, -0.1) is 0 Å². The van der Waals surface area contributed by atoms with E-state index in [4.69, 9.17) is 4.98 Å². The summed E-state index contributed by atoms with van der Waals surface area (Å²) >= 11 is 0. The number of aromatic nitrogens is 1. The number of halogens is 3. The minimum Gasteiger partial charge on any atom is -0.363 e. The number of rotatable bonds is 7. The number of hydrogen-bond acceptors (Lipinski definition) is 3. The van der Waals surface area contributed by atoms with E-state index in [2.05, 4.69) is 55.4 Å². The average molecular weight is 468 g/mol. The Morgan fingerprint density at radius 2 is 1.62 bits per heavy atom. The van der Waals surface area contributed by atoms with E-state index in [9.17, 15) is 13.2 Å². The predicted octanol–water partition coefficient (Wildman–Crippen LogP) is 7.73. The molecule has 2 heterocycles. The van der Waals surface area contributed by atoms with Crippen LogP contribution in [0.4, 0.5) is 19.0 Å². The van der Waals surface area contributed by atoms with Gasteiger partial charge in [-0.05, 0) is 79.2 Å². The lowest BCUT2D eigenvalue weighted by molar-refractivity contribution is -0.137. The second-order valence-corrected chi connectivity index (χ2v) is 9.64. The summed E-state index contributed by atoms with van der Waals surface area (Å²) in [6.45, 7) is 5.51. The first kappa shape index (κ1) is 24.3. The van der Waals surface area contributed by atoms with Crippen LogP contribution in [0.5, 0.6) is 0 Å². The maximum Gasteiger partial charge on any atom is 0.416 e. The van der Waals surface area contributed by atoms with Crippen LogP contribution in [-0.4, -0.2) is 23.5 Å². The highest BCUT2D eigenvalue weighted by Gasteiger charge is 2.30. The molecule has 1 aromatic heterocycles. The van der Waals surface area contributed by atoms with Gasteiger partial charge in [-0.1, -0.05) is 56.3 Å². The van der Waals surface area contributed by atoms with Crippen LogP contribution in [0.1, 0.15) is 61.9 Å². The van der Waals surface area contributed by atoms with Crippen LogP contribution < -0.4 is 5.32 Å². The summed E-state index contributed by atoms with van der Waals surface area (Å²) in [4.78, 5) is 7.07. The Morgan fingerprint density at radius 3 is 2.12 bits per heavy atom. The molecule has 1 N–H and O–H groups in total. The Balaban J connectivity index is 1.49. The monoisotopic (exact) mass is 467 g/mol. The summed E-state index contributed by atoms with van der Waals surface area (Å²) in [5.41, 5.74) is 3.41. The predicted molar refractivity (Wildman–Crippen MR) is 132 cm³/mol. The number of anilines is 1. The first-order chi connectivity index (χ1) is 16.2. The highest BCUT2D eigenvalue weighted by molar-refractivity contribution is 5.64. The van der Waals surface area contributed by atoms with E-state index in [0.717, 1.165) is 47.6 Å². The molecule has 0 amide bonds. The molecule has 1 aliphatic heterocycles. The topological polar surface area (TPSA) is 28.2 Å². The Hall–Kier alpha value is -2.86. The molecule has 0 spiro atoms. The molecule has 34 heavy (non-hydrogen) atoms. The van der Waals surface area contributed by atoms with Gasteiger partial charge in [0.1, 0.15) is 5.82 Å². The molecule has 0 aliphatic carbocycles. The molecule has 3 aromatic rings. The van der Waals surface area contributed by atoms with Crippen molar-refractivity contribution >= 4 is 5.82 Å². The van der Waals surface area contributed by atoms with Gasteiger partial charge in [-0.3, -0.25) is 4.90 Å². The summed E-state index contributed by atoms with van der Waals surface area (Å²) in [5.74, 6) is 1.33. The molecule has 4 rings (SSSR count). The summed E-state index contributed by atoms with van der Waals surface area (Å²) in [6, 6.07) is 18.1. The highest BCUT2D eigenvalue weighted by Crippen LogP contribution is 2.33. The van der Waals surface area contributed by atoms with Gasteiger partial charge in [-0.25, -0.2) is 4.98 Å². The third-order valence-electron chi connectivity index (χ3n) is 6.58. The van der Waals surface area contributed by atoms with Gasteiger partial charge in [-0.2, -0.15) is 13.2 Å². The van der Waals surface area contributed by atoms with Crippen molar-refractivity contribution in [2.75, 3.05) is 18.9 Å². The number of alkyl halides is 3. The van der Waals surface area contributed by atoms with Crippen molar-refractivity contribution in [2.24, 2.45) is 5.92 Å². The van der Waals surface area contributed by atoms with E-state index in [1.165, 1.54) is 30.5 Å². The molecule has 0 bridgehead atoms. The average Bonchev–Trinajstić information content (AvgIpc) is 3.24. The van der Waals surface area contributed by atoms with E-state index in [-0.39, 0.29) is 6.04 Å². The summed E-state index contributed by atoms with van der Waals surface area (Å²) < 4.78 is 38.6. The SMILES string of the molecule is CC(C)CC(Nc1ccc(C2CCCN2C)cn1)c1ccc(-c2ccc(C(F)(F)F)cc2)cc1. The van der Waals surface area contributed by atoms with Crippen LogP contribution in [0.15, 0.2) is 66.9 Å². The zero-order chi connectivity index (χ0) is 24.3. The molecule has 2 atom stereocenters. The van der Waals surface area contributed by atoms with Crippen LogP contribution in [0.25, 0.3) is 11.1 Å². The third kappa shape index (κ3) is 5.79. The molecule has 0 radical (unpaired) electrons. The van der Waals surface area contributed by atoms with Gasteiger partial charge >= 0.3 is 6.18 Å². The lowest BCUT2D eigenvalue weighted by atomic mass is 9.94. The highest BCUT2D eigenvalue weighted by atomic mass is 19.4. The number of hydrogen-bond donors (Lipinski definition) is 1. The minimum atomic E-state index is -4.32. The fraction of sp³-hybridized carbons (Fsp3) is 0.393. The molecule has 6 heteroatoms. The molecule has 3 nitrogen and oxygen atoms in total. The Bertz CT molecular complexity index is 1060. The Labute approximate surface area is 200 Å². The molecule has 0 saturated carbocycles. The Kier molecular flexibility index (Phi) is 7.27. The normalized spacial score (nSPS) is 17.8. The zero-order valence-corrected chi connectivity index (χ0v) is 19.9. The van der Waals surface area contributed by atoms with Gasteiger partial charge in [0.25, 0.3) is 0 Å². The number of pyridine rings is 1. The van der Waals surface area contributed by atoms with Gasteiger partial charge in [0.2, 0.25) is 0 Å². The first-order valence-electron chi connectivity index (χ1n) is 11.9. The van der Waals surface area contributed by atoms with Crippen LogP contribution in [0.2, 0.25) is 0 Å². The number of nitrogens with one attached hydrogen (secondary N) is 1. The van der Waals surface area contributed by atoms with Gasteiger partial charge in [0.05, 0.1) is 11.6 Å². The van der Waals surface area contributed by atoms with E-state index in [1.54, 1.807) is 0 Å². The van der Waals surface area contributed by atoms with Crippen molar-refractivity contribution in [2.45, 2.75) is 51.4 Å². The number of benzene rings is 2. The maximum absolute atomic E-state index is 12.9. The zero-order valence-electron chi connectivity index (χ0n) is 19.9. The van der Waals surface area contributed by atoms with Crippen molar-refractivity contribution in [1.29, 1.82) is 0 Å². The number of nitrogens with zero attached hydrogens (tertiary/aromatic N) is 2. The second-order valence-electron chi connectivity index (χ2n) is 9.64. The van der Waals surface area contributed by atoms with Crippen LogP contribution in [0, 0.1) is 5.92 Å². The molecule has 1 fully saturated rings. The fourth-order valence-corrected chi connectivity index (χ4v) is 4.71. The third-order valence-corrected chi connectivity index (χ3v) is 6.58. The molecule has 2 aromatic carbocycles. The van der Waals surface area contributed by atoms with Gasteiger partial charge < -0.3 is 5.32 Å². The Morgan fingerprint density at radius 1 is 0.971 bits per heavy atom. The molecular formula is C28H32F3N3. The first-order valence-corrected chi connectivity index (χ1v) is 11.9. The van der Waals surface area contributed by atoms with E-state index < -0.39 is 11.7 Å². The second kappa shape index (κ2) is 10.2. The lowest BCUT2D eigenvalue weighted by Crippen LogP contribution is -2.18. The van der Waals surface area contributed by atoms with Crippen molar-refractivity contribution in [3.8, 4) is 11.1 Å². The standard InChI is InChI=1S/C28H32F3N3/c1-19(2)17-25(33-27-15-12-23(18-32-27)26-5-4-16-34(26)3)22-8-6-20(7-9-22)21-10-13-24(14-11-21)28(29,30)31/h6-15,18-19,25-26H,4-5,16-17H2,1-3H3,(H,32,33). The van der Waals surface area contributed by atoms with Crippen molar-refractivity contribution in [1.82, 2.24) is 9.88 Å². The lowest BCUT2D eigenvalue weighted by Gasteiger charge is -2.23. The summed E-state index contributed by atoms with van der Waals surface area (Å²) in [6.07, 6.45) is 0.993. The van der Waals surface area contributed by atoms with E-state index in [1.807, 2.05) is 18.3 Å². The fourth-order valence-electron chi connectivity index (χ4n) is 4.71. The molecule has 180 valence electrons. The summed E-state index contributed by atoms with van der Waals surface area (Å²) in [7, 11) is 2.16. The van der Waals surface area contributed by atoms with E-state index >= 15 is 0 Å². The summed E-state index contributed by atoms with van der Waals surface area (Å²) in [5, 5.41) is 3.59. The molecule has 1 aliphatic rings. The quantitative estimate of drug-likeness (QED) is 0.385. The smallest absolute Gasteiger partial charge is 0.363 e.